The first-order valence-electron chi connectivity index (χ1n) is 9.08. The number of hydrogen-bond acceptors (Lipinski definition) is 3. The van der Waals surface area contributed by atoms with E-state index in [-0.39, 0.29) is 5.75 Å². The Morgan fingerprint density at radius 1 is 1.00 bits per heavy atom. The van der Waals surface area contributed by atoms with E-state index in [1.54, 1.807) is 4.31 Å². The highest BCUT2D eigenvalue weighted by Crippen LogP contribution is 2.12. The number of ether oxygens (including phenoxy) is 1. The number of nitrogens with one attached hydrogen (secondary N) is 1. The molecule has 0 atom stereocenters. The van der Waals surface area contributed by atoms with Gasteiger partial charge in [-0.15, -0.1) is 0 Å². The van der Waals surface area contributed by atoms with Gasteiger partial charge in [-0.05, 0) is 24.6 Å². The summed E-state index contributed by atoms with van der Waals surface area (Å²) in [6, 6.07) is 17.4. The van der Waals surface area contributed by atoms with Gasteiger partial charge in [0, 0.05) is 0 Å². The van der Waals surface area contributed by atoms with Crippen molar-refractivity contribution in [1.82, 2.24) is 4.31 Å². The molecule has 2 aromatic rings. The molecule has 0 bridgehead atoms. The van der Waals surface area contributed by atoms with Crippen molar-refractivity contribution in [1.29, 1.82) is 0 Å². The number of nitrogens with zero attached hydrogens (tertiary/aromatic N) is 1. The normalized spacial score (nSPS) is 16.5. The van der Waals surface area contributed by atoms with Gasteiger partial charge in [-0.3, -0.25) is 0 Å². The fourth-order valence-corrected chi connectivity index (χ4v) is 4.69. The van der Waals surface area contributed by atoms with E-state index in [2.05, 4.69) is 6.92 Å². The van der Waals surface area contributed by atoms with Crippen LogP contribution in [0, 0.1) is 6.92 Å². The van der Waals surface area contributed by atoms with Crippen molar-refractivity contribution in [2.75, 3.05) is 39.3 Å². The lowest BCUT2D eigenvalue weighted by Gasteiger charge is -2.31. The maximum Gasteiger partial charge on any atom is 0.218 e. The fourth-order valence-electron chi connectivity index (χ4n) is 3.15. The quantitative estimate of drug-likeness (QED) is 0.789. The molecule has 140 valence electrons. The van der Waals surface area contributed by atoms with Crippen LogP contribution >= 0.6 is 0 Å². The molecule has 0 amide bonds. The van der Waals surface area contributed by atoms with E-state index in [4.69, 9.17) is 4.74 Å². The number of benzene rings is 2. The zero-order chi connectivity index (χ0) is 18.4. The summed E-state index contributed by atoms with van der Waals surface area (Å²) >= 11 is 0. The minimum Gasteiger partial charge on any atom is -0.488 e. The molecule has 0 saturated carbocycles. The Hall–Kier alpha value is -1.89. The van der Waals surface area contributed by atoms with Crippen LogP contribution in [0.1, 0.15) is 11.1 Å². The minimum atomic E-state index is -3.24. The van der Waals surface area contributed by atoms with Gasteiger partial charge in [0.05, 0.1) is 31.9 Å². The molecular formula is C20H27N2O3S+. The first-order chi connectivity index (χ1) is 12.5. The summed E-state index contributed by atoms with van der Waals surface area (Å²) in [7, 11) is -3.24. The van der Waals surface area contributed by atoms with Crippen molar-refractivity contribution in [3.05, 3.63) is 65.7 Å². The zero-order valence-electron chi connectivity index (χ0n) is 15.2. The molecule has 1 saturated heterocycles. The molecule has 1 aliphatic heterocycles. The molecule has 1 aliphatic rings. The van der Waals surface area contributed by atoms with Crippen molar-refractivity contribution in [3.63, 3.8) is 0 Å². The van der Waals surface area contributed by atoms with Crippen molar-refractivity contribution in [3.8, 4) is 5.75 Å². The van der Waals surface area contributed by atoms with E-state index < -0.39 is 10.0 Å². The van der Waals surface area contributed by atoms with Gasteiger partial charge >= 0.3 is 0 Å². The number of aryl methyl sites for hydroxylation is 1. The topological polar surface area (TPSA) is 51.1 Å². The van der Waals surface area contributed by atoms with Gasteiger partial charge in [0.2, 0.25) is 10.0 Å². The number of quaternary nitrogens is 1. The van der Waals surface area contributed by atoms with E-state index in [0.717, 1.165) is 30.9 Å². The lowest BCUT2D eigenvalue weighted by atomic mass is 10.2. The number of piperazine rings is 1. The van der Waals surface area contributed by atoms with Crippen LogP contribution < -0.4 is 9.64 Å². The fraction of sp³-hybridized carbons (Fsp3) is 0.400. The zero-order valence-corrected chi connectivity index (χ0v) is 16.0. The molecular weight excluding hydrogens is 348 g/mol. The molecule has 6 heteroatoms. The Morgan fingerprint density at radius 3 is 2.31 bits per heavy atom. The Balaban J connectivity index is 1.43. The maximum atomic E-state index is 12.6. The number of hydrogen-bond donors (Lipinski definition) is 1. The molecule has 0 radical (unpaired) electrons. The Labute approximate surface area is 156 Å². The molecule has 0 aliphatic carbocycles. The molecule has 1 N–H and O–H groups in total. The SMILES string of the molecule is Cc1ccc(OCC[NH+]2CCN(S(=O)(=O)Cc3ccccc3)CC2)cc1. The first kappa shape index (κ1) is 18.9. The van der Waals surface area contributed by atoms with Crippen LogP contribution in [-0.4, -0.2) is 52.1 Å². The molecule has 0 aromatic heterocycles. The molecule has 0 spiro atoms. The number of sulfonamides is 1. The molecule has 0 unspecified atom stereocenters. The van der Waals surface area contributed by atoms with Crippen LogP contribution in [0.4, 0.5) is 0 Å². The molecule has 1 heterocycles. The number of rotatable bonds is 7. The second kappa shape index (κ2) is 8.66. The van der Waals surface area contributed by atoms with Gasteiger partial charge in [-0.2, -0.15) is 4.31 Å². The van der Waals surface area contributed by atoms with Gasteiger partial charge in [0.25, 0.3) is 0 Å². The van der Waals surface area contributed by atoms with E-state index in [1.807, 2.05) is 54.6 Å². The van der Waals surface area contributed by atoms with Crippen LogP contribution in [0.5, 0.6) is 5.75 Å². The van der Waals surface area contributed by atoms with Gasteiger partial charge in [0.15, 0.2) is 0 Å². The van der Waals surface area contributed by atoms with E-state index in [9.17, 15) is 8.42 Å². The highest BCUT2D eigenvalue weighted by molar-refractivity contribution is 7.88. The van der Waals surface area contributed by atoms with E-state index in [1.165, 1.54) is 10.5 Å². The average molecular weight is 376 g/mol. The van der Waals surface area contributed by atoms with Gasteiger partial charge in [-0.25, -0.2) is 8.42 Å². The largest absolute Gasteiger partial charge is 0.488 e. The van der Waals surface area contributed by atoms with Gasteiger partial charge in [-0.1, -0.05) is 48.0 Å². The third-order valence-corrected chi connectivity index (χ3v) is 6.61. The lowest BCUT2D eigenvalue weighted by molar-refractivity contribution is -0.903. The van der Waals surface area contributed by atoms with E-state index >= 15 is 0 Å². The lowest BCUT2D eigenvalue weighted by Crippen LogP contribution is -3.15. The van der Waals surface area contributed by atoms with Crippen molar-refractivity contribution in [2.24, 2.45) is 0 Å². The van der Waals surface area contributed by atoms with Crippen LogP contribution in [-0.2, 0) is 15.8 Å². The maximum absolute atomic E-state index is 12.6. The molecule has 26 heavy (non-hydrogen) atoms. The summed E-state index contributed by atoms with van der Waals surface area (Å²) in [4.78, 5) is 1.39. The Morgan fingerprint density at radius 2 is 1.65 bits per heavy atom. The monoisotopic (exact) mass is 375 g/mol. The van der Waals surface area contributed by atoms with Crippen LogP contribution in [0.25, 0.3) is 0 Å². The Bertz CT molecular complexity index is 784. The molecule has 2 aromatic carbocycles. The summed E-state index contributed by atoms with van der Waals surface area (Å²) in [6.45, 7) is 6.40. The summed E-state index contributed by atoms with van der Waals surface area (Å²) in [6.07, 6.45) is 0. The van der Waals surface area contributed by atoms with Crippen LogP contribution in [0.2, 0.25) is 0 Å². The predicted molar refractivity (Wildman–Crippen MR) is 103 cm³/mol. The minimum absolute atomic E-state index is 0.0830. The second-order valence-electron chi connectivity index (χ2n) is 6.80. The average Bonchev–Trinajstić information content (AvgIpc) is 2.64. The summed E-state index contributed by atoms with van der Waals surface area (Å²) in [5.74, 6) is 0.971. The van der Waals surface area contributed by atoms with Gasteiger partial charge in [0.1, 0.15) is 18.9 Å². The standard InChI is InChI=1S/C20H26N2O3S/c1-18-7-9-20(10-8-18)25-16-15-21-11-13-22(14-12-21)26(23,24)17-19-5-3-2-4-6-19/h2-10H,11-17H2,1H3/p+1. The molecule has 3 rings (SSSR count). The third kappa shape index (κ3) is 5.30. The van der Waals surface area contributed by atoms with Crippen molar-refractivity contribution < 1.29 is 18.1 Å². The highest BCUT2D eigenvalue weighted by atomic mass is 32.2. The van der Waals surface area contributed by atoms with Gasteiger partial charge < -0.3 is 9.64 Å². The smallest absolute Gasteiger partial charge is 0.218 e. The Kier molecular flexibility index (Phi) is 6.29. The summed E-state index contributed by atoms with van der Waals surface area (Å²) < 4.78 is 32.6. The third-order valence-electron chi connectivity index (χ3n) is 4.76. The first-order valence-corrected chi connectivity index (χ1v) is 10.7. The van der Waals surface area contributed by atoms with Crippen molar-refractivity contribution >= 4 is 10.0 Å². The second-order valence-corrected chi connectivity index (χ2v) is 8.77. The van der Waals surface area contributed by atoms with Crippen molar-refractivity contribution in [2.45, 2.75) is 12.7 Å². The van der Waals surface area contributed by atoms with Crippen LogP contribution in [0.3, 0.4) is 0 Å². The highest BCUT2D eigenvalue weighted by Gasteiger charge is 2.28. The molecule has 1 fully saturated rings. The summed E-state index contributed by atoms with van der Waals surface area (Å²) in [5.41, 5.74) is 2.06. The summed E-state index contributed by atoms with van der Waals surface area (Å²) in [5, 5.41) is 0. The predicted octanol–water partition coefficient (Wildman–Crippen LogP) is 1.10. The molecule has 5 nitrogen and oxygen atoms in total. The van der Waals surface area contributed by atoms with Crippen LogP contribution in [0.15, 0.2) is 54.6 Å². The van der Waals surface area contributed by atoms with E-state index in [0.29, 0.717) is 19.7 Å².